The van der Waals surface area contributed by atoms with Crippen LogP contribution in [0.5, 0.6) is 0 Å². The molecule has 2 aromatic heterocycles. The molecule has 13 rings (SSSR count). The second kappa shape index (κ2) is 14.5. The SMILES string of the molecule is c1ccc2cc(-c3cc(-c4cc(-c5cnc6c7ccccc7c7ccccc7c6n5)cc(-c5cc6ccccc6c6ccccc56)c4)nc(-c4ccc5ccccc5c4)c3)ccc2c1. The number of rotatable bonds is 5. The van der Waals surface area contributed by atoms with E-state index in [1.165, 1.54) is 53.9 Å². The van der Waals surface area contributed by atoms with Crippen molar-refractivity contribution in [2.24, 2.45) is 0 Å². The number of hydrogen-bond acceptors (Lipinski definition) is 3. The van der Waals surface area contributed by atoms with Crippen molar-refractivity contribution in [3.8, 4) is 56.0 Å². The number of fused-ring (bicyclic) bond motifs is 11. The topological polar surface area (TPSA) is 38.7 Å². The monoisotopic (exact) mass is 811 g/mol. The van der Waals surface area contributed by atoms with Gasteiger partial charge in [0, 0.05) is 27.5 Å². The summed E-state index contributed by atoms with van der Waals surface area (Å²) in [6.45, 7) is 0. The van der Waals surface area contributed by atoms with Crippen LogP contribution in [0.25, 0.3) is 132 Å². The van der Waals surface area contributed by atoms with Crippen molar-refractivity contribution in [3.63, 3.8) is 0 Å². The third kappa shape index (κ3) is 6.01. The Bertz CT molecular complexity index is 3900. The fourth-order valence-corrected chi connectivity index (χ4v) is 9.84. The first kappa shape index (κ1) is 36.2. The lowest BCUT2D eigenvalue weighted by atomic mass is 9.90. The van der Waals surface area contributed by atoms with E-state index in [1.54, 1.807) is 0 Å². The molecule has 0 N–H and O–H groups in total. The maximum atomic E-state index is 5.54. The van der Waals surface area contributed by atoms with Gasteiger partial charge in [0.25, 0.3) is 0 Å². The summed E-state index contributed by atoms with van der Waals surface area (Å²) in [5.74, 6) is 0. The smallest absolute Gasteiger partial charge is 0.0979 e. The molecular weight excluding hydrogens is 775 g/mol. The Labute approximate surface area is 369 Å². The minimum Gasteiger partial charge on any atom is -0.252 e. The van der Waals surface area contributed by atoms with E-state index in [0.29, 0.717) is 0 Å². The van der Waals surface area contributed by atoms with Gasteiger partial charge in [-0.05, 0) is 125 Å². The average Bonchev–Trinajstić information content (AvgIpc) is 3.37. The van der Waals surface area contributed by atoms with Crippen LogP contribution >= 0.6 is 0 Å². The van der Waals surface area contributed by atoms with Crippen LogP contribution in [0.3, 0.4) is 0 Å². The van der Waals surface area contributed by atoms with Crippen LogP contribution in [-0.2, 0) is 0 Å². The summed E-state index contributed by atoms with van der Waals surface area (Å²) in [5, 5.41) is 14.2. The third-order valence-corrected chi connectivity index (χ3v) is 13.0. The molecule has 11 aromatic carbocycles. The van der Waals surface area contributed by atoms with Gasteiger partial charge in [-0.2, -0.15) is 0 Å². The quantitative estimate of drug-likeness (QED) is 0.163. The molecule has 0 spiro atoms. The summed E-state index contributed by atoms with van der Waals surface area (Å²) in [6, 6.07) is 78.7. The van der Waals surface area contributed by atoms with Gasteiger partial charge in [-0.3, -0.25) is 4.98 Å². The number of aromatic nitrogens is 3. The lowest BCUT2D eigenvalue weighted by Gasteiger charge is -2.16. The van der Waals surface area contributed by atoms with Gasteiger partial charge in [0.05, 0.1) is 34.3 Å². The zero-order chi connectivity index (χ0) is 42.1. The summed E-state index contributed by atoms with van der Waals surface area (Å²) in [4.78, 5) is 16.3. The molecule has 0 amide bonds. The van der Waals surface area contributed by atoms with Crippen molar-refractivity contribution in [1.29, 1.82) is 0 Å². The highest BCUT2D eigenvalue weighted by Gasteiger charge is 2.18. The van der Waals surface area contributed by atoms with E-state index in [0.717, 1.165) is 77.8 Å². The molecule has 296 valence electrons. The van der Waals surface area contributed by atoms with Gasteiger partial charge in [-0.15, -0.1) is 0 Å². The van der Waals surface area contributed by atoms with Crippen LogP contribution in [0.2, 0.25) is 0 Å². The van der Waals surface area contributed by atoms with Crippen molar-refractivity contribution in [1.82, 2.24) is 15.0 Å². The number of benzene rings is 11. The van der Waals surface area contributed by atoms with Crippen molar-refractivity contribution in [2.45, 2.75) is 0 Å². The van der Waals surface area contributed by atoms with E-state index in [4.69, 9.17) is 15.0 Å². The van der Waals surface area contributed by atoms with Crippen LogP contribution in [-0.4, -0.2) is 15.0 Å². The molecule has 2 heterocycles. The van der Waals surface area contributed by atoms with E-state index in [1.807, 2.05) is 6.20 Å². The Morgan fingerprint density at radius 1 is 0.234 bits per heavy atom. The molecule has 64 heavy (non-hydrogen) atoms. The molecule has 0 radical (unpaired) electrons. The fraction of sp³-hybridized carbons (Fsp3) is 0. The lowest BCUT2D eigenvalue weighted by Crippen LogP contribution is -1.95. The number of hydrogen-bond donors (Lipinski definition) is 0. The van der Waals surface area contributed by atoms with E-state index in [9.17, 15) is 0 Å². The van der Waals surface area contributed by atoms with Crippen molar-refractivity contribution in [2.75, 3.05) is 0 Å². The lowest BCUT2D eigenvalue weighted by molar-refractivity contribution is 1.30. The maximum absolute atomic E-state index is 5.54. The molecule has 0 saturated heterocycles. The van der Waals surface area contributed by atoms with Crippen LogP contribution in [0.4, 0.5) is 0 Å². The van der Waals surface area contributed by atoms with E-state index >= 15 is 0 Å². The van der Waals surface area contributed by atoms with Gasteiger partial charge in [0.1, 0.15) is 0 Å². The predicted octanol–water partition coefficient (Wildman–Crippen LogP) is 16.3. The molecule has 0 aliphatic carbocycles. The first-order chi connectivity index (χ1) is 31.7. The second-order valence-electron chi connectivity index (χ2n) is 16.8. The zero-order valence-corrected chi connectivity index (χ0v) is 34.7. The third-order valence-electron chi connectivity index (χ3n) is 13.0. The molecule has 0 unspecified atom stereocenters. The van der Waals surface area contributed by atoms with Gasteiger partial charge < -0.3 is 0 Å². The Morgan fingerprint density at radius 3 is 1.38 bits per heavy atom. The van der Waals surface area contributed by atoms with Crippen LogP contribution in [0.1, 0.15) is 0 Å². The Kier molecular flexibility index (Phi) is 8.22. The van der Waals surface area contributed by atoms with Gasteiger partial charge in [-0.1, -0.05) is 170 Å². The molecule has 0 fully saturated rings. The largest absolute Gasteiger partial charge is 0.252 e. The van der Waals surface area contributed by atoms with Crippen LogP contribution in [0, 0.1) is 0 Å². The normalized spacial score (nSPS) is 11.8. The molecule has 3 nitrogen and oxygen atoms in total. The molecule has 0 aliphatic heterocycles. The van der Waals surface area contributed by atoms with Crippen molar-refractivity contribution < 1.29 is 0 Å². The van der Waals surface area contributed by atoms with Crippen molar-refractivity contribution in [3.05, 3.63) is 225 Å². The summed E-state index contributed by atoms with van der Waals surface area (Å²) in [6.07, 6.45) is 1.95. The number of nitrogens with zero attached hydrogens (tertiary/aromatic N) is 3. The van der Waals surface area contributed by atoms with Crippen molar-refractivity contribution >= 4 is 75.7 Å². The summed E-state index contributed by atoms with van der Waals surface area (Å²) in [7, 11) is 0. The molecule has 0 aliphatic rings. The zero-order valence-electron chi connectivity index (χ0n) is 34.7. The Morgan fingerprint density at radius 2 is 0.703 bits per heavy atom. The average molecular weight is 812 g/mol. The predicted molar refractivity (Wildman–Crippen MR) is 270 cm³/mol. The molecule has 3 heteroatoms. The van der Waals surface area contributed by atoms with Crippen LogP contribution < -0.4 is 0 Å². The van der Waals surface area contributed by atoms with E-state index in [2.05, 4.69) is 218 Å². The van der Waals surface area contributed by atoms with E-state index < -0.39 is 0 Å². The van der Waals surface area contributed by atoms with Gasteiger partial charge in [-0.25, -0.2) is 9.97 Å². The summed E-state index contributed by atoms with van der Waals surface area (Å²) in [5.41, 5.74) is 11.9. The van der Waals surface area contributed by atoms with E-state index in [-0.39, 0.29) is 0 Å². The van der Waals surface area contributed by atoms with Gasteiger partial charge >= 0.3 is 0 Å². The first-order valence-corrected chi connectivity index (χ1v) is 21.8. The molecule has 0 bridgehead atoms. The second-order valence-corrected chi connectivity index (χ2v) is 16.8. The standard InChI is InChI=1S/C61H37N3/c1-3-15-40-29-42(27-25-38(40)13-1)45-35-57(44-28-26-39-14-2-4-16-41(39)30-44)63-58(36-45)47-31-46(56-34-43-17-5-6-18-49(43)50-19-7-8-22-53(50)56)32-48(33-47)59-37-62-60-54-23-11-9-20-51(54)52-21-10-12-24-55(52)61(60)64-59/h1-37H. The highest BCUT2D eigenvalue weighted by molar-refractivity contribution is 6.23. The highest BCUT2D eigenvalue weighted by atomic mass is 14.8. The highest BCUT2D eigenvalue weighted by Crippen LogP contribution is 2.41. The molecule has 0 atom stereocenters. The summed E-state index contributed by atoms with van der Waals surface area (Å²) < 4.78 is 0. The van der Waals surface area contributed by atoms with Crippen LogP contribution in [0.15, 0.2) is 225 Å². The Hall–Kier alpha value is -8.53. The van der Waals surface area contributed by atoms with Gasteiger partial charge in [0.15, 0.2) is 0 Å². The molecule has 13 aromatic rings. The number of pyridine rings is 1. The first-order valence-electron chi connectivity index (χ1n) is 21.8. The summed E-state index contributed by atoms with van der Waals surface area (Å²) >= 11 is 0. The molecular formula is C61H37N3. The Balaban J connectivity index is 1.09. The maximum Gasteiger partial charge on any atom is 0.0979 e. The minimum atomic E-state index is 0.807. The van der Waals surface area contributed by atoms with Gasteiger partial charge in [0.2, 0.25) is 0 Å². The minimum absolute atomic E-state index is 0.807. The molecule has 0 saturated carbocycles. The fourth-order valence-electron chi connectivity index (χ4n) is 9.84.